The van der Waals surface area contributed by atoms with Gasteiger partial charge in [-0.25, -0.2) is 4.98 Å². The number of rotatable bonds is 3. The summed E-state index contributed by atoms with van der Waals surface area (Å²) in [6.07, 6.45) is 6.20. The van der Waals surface area contributed by atoms with Crippen molar-refractivity contribution in [3.8, 4) is 0 Å². The molecule has 0 aliphatic carbocycles. The molecule has 0 saturated carbocycles. The molecule has 1 atom stereocenters. The number of hydrogen-bond acceptors (Lipinski definition) is 4. The van der Waals surface area contributed by atoms with Crippen LogP contribution in [0.5, 0.6) is 0 Å². The first-order valence-electron chi connectivity index (χ1n) is 4.50. The van der Waals surface area contributed by atoms with Crippen molar-refractivity contribution in [2.75, 3.05) is 11.9 Å². The van der Waals surface area contributed by atoms with Crippen LogP contribution in [0.2, 0.25) is 4.47 Å². The number of nitrogens with zero attached hydrogens (tertiary/aromatic N) is 1. The lowest BCUT2D eigenvalue weighted by Gasteiger charge is -2.19. The van der Waals surface area contributed by atoms with Gasteiger partial charge >= 0.3 is 0 Å². The van der Waals surface area contributed by atoms with E-state index in [1.54, 1.807) is 6.26 Å². The average Bonchev–Trinajstić information content (AvgIpc) is 2.63. The Kier molecular flexibility index (Phi) is 3.26. The SMILES string of the molecule is Clc1nc(NCC2CCC=CO2)cs1. The Balaban J connectivity index is 1.79. The van der Waals surface area contributed by atoms with Crippen LogP contribution in [0.15, 0.2) is 17.7 Å². The Morgan fingerprint density at radius 3 is 3.29 bits per heavy atom. The molecule has 0 amide bonds. The summed E-state index contributed by atoms with van der Waals surface area (Å²) in [6, 6.07) is 0. The molecule has 1 aromatic rings. The predicted molar refractivity (Wildman–Crippen MR) is 58.9 cm³/mol. The molecule has 0 saturated heterocycles. The van der Waals surface area contributed by atoms with Crippen molar-refractivity contribution in [1.82, 2.24) is 4.98 Å². The molecule has 2 rings (SSSR count). The Hall–Kier alpha value is -0.740. The lowest BCUT2D eigenvalue weighted by atomic mass is 10.1. The van der Waals surface area contributed by atoms with E-state index in [-0.39, 0.29) is 6.10 Å². The minimum atomic E-state index is 0.250. The summed E-state index contributed by atoms with van der Waals surface area (Å²) in [4.78, 5) is 4.09. The monoisotopic (exact) mass is 230 g/mol. The first-order valence-corrected chi connectivity index (χ1v) is 5.76. The van der Waals surface area contributed by atoms with Crippen LogP contribution < -0.4 is 5.32 Å². The molecule has 1 unspecified atom stereocenters. The highest BCUT2D eigenvalue weighted by molar-refractivity contribution is 7.14. The molecule has 1 aliphatic rings. The van der Waals surface area contributed by atoms with E-state index in [2.05, 4.69) is 10.3 Å². The van der Waals surface area contributed by atoms with Gasteiger partial charge in [0.1, 0.15) is 11.9 Å². The Labute approximate surface area is 91.8 Å². The number of ether oxygens (including phenoxy) is 1. The summed E-state index contributed by atoms with van der Waals surface area (Å²) in [5, 5.41) is 5.09. The van der Waals surface area contributed by atoms with Crippen LogP contribution in [-0.4, -0.2) is 17.6 Å². The van der Waals surface area contributed by atoms with E-state index in [9.17, 15) is 0 Å². The van der Waals surface area contributed by atoms with Gasteiger partial charge in [0.2, 0.25) is 0 Å². The molecule has 1 N–H and O–H groups in total. The standard InChI is InChI=1S/C9H11ClN2OS/c10-9-12-8(6-14-9)11-5-7-3-1-2-4-13-7/h2,4,6-7,11H,1,3,5H2. The summed E-state index contributed by atoms with van der Waals surface area (Å²) in [5.41, 5.74) is 0. The number of allylic oxidation sites excluding steroid dienone is 1. The molecule has 76 valence electrons. The summed E-state index contributed by atoms with van der Waals surface area (Å²) in [5.74, 6) is 0.832. The maximum absolute atomic E-state index is 5.71. The fraction of sp³-hybridized carbons (Fsp3) is 0.444. The van der Waals surface area contributed by atoms with Gasteiger partial charge in [0.05, 0.1) is 12.8 Å². The maximum atomic E-state index is 5.71. The normalized spacial score (nSPS) is 20.5. The van der Waals surface area contributed by atoms with Crippen molar-refractivity contribution >= 4 is 28.8 Å². The molecule has 0 spiro atoms. The lowest BCUT2D eigenvalue weighted by Crippen LogP contribution is -2.23. The fourth-order valence-electron chi connectivity index (χ4n) is 1.29. The van der Waals surface area contributed by atoms with Crippen LogP contribution in [0.1, 0.15) is 12.8 Å². The molecule has 14 heavy (non-hydrogen) atoms. The molecule has 5 heteroatoms. The van der Waals surface area contributed by atoms with E-state index in [0.717, 1.165) is 25.2 Å². The molecule has 3 nitrogen and oxygen atoms in total. The van der Waals surface area contributed by atoms with Gasteiger partial charge in [-0.3, -0.25) is 0 Å². The van der Waals surface area contributed by atoms with Crippen LogP contribution >= 0.6 is 22.9 Å². The molecule has 1 aliphatic heterocycles. The zero-order valence-corrected chi connectivity index (χ0v) is 9.14. The van der Waals surface area contributed by atoms with Crippen LogP contribution in [0, 0.1) is 0 Å². The molecule has 0 aromatic carbocycles. The largest absolute Gasteiger partial charge is 0.497 e. The molecular weight excluding hydrogens is 220 g/mol. The topological polar surface area (TPSA) is 34.2 Å². The molecule has 0 radical (unpaired) electrons. The smallest absolute Gasteiger partial charge is 0.185 e. The van der Waals surface area contributed by atoms with Gasteiger partial charge in [-0.05, 0) is 18.9 Å². The van der Waals surface area contributed by atoms with Gasteiger partial charge in [-0.15, -0.1) is 11.3 Å². The van der Waals surface area contributed by atoms with Gasteiger partial charge in [0.25, 0.3) is 0 Å². The Morgan fingerprint density at radius 2 is 2.64 bits per heavy atom. The third kappa shape index (κ3) is 2.62. The molecule has 2 heterocycles. The van der Waals surface area contributed by atoms with E-state index in [0.29, 0.717) is 4.47 Å². The predicted octanol–water partition coefficient (Wildman–Crippen LogP) is 2.90. The second kappa shape index (κ2) is 4.66. The Bertz CT molecular complexity index is 326. The van der Waals surface area contributed by atoms with Crippen LogP contribution in [0.3, 0.4) is 0 Å². The quantitative estimate of drug-likeness (QED) is 0.867. The maximum Gasteiger partial charge on any atom is 0.185 e. The first kappa shape index (κ1) is 9.80. The van der Waals surface area contributed by atoms with Crippen molar-refractivity contribution in [2.24, 2.45) is 0 Å². The van der Waals surface area contributed by atoms with Gasteiger partial charge < -0.3 is 10.1 Å². The van der Waals surface area contributed by atoms with Crippen molar-refractivity contribution in [3.05, 3.63) is 22.2 Å². The fourth-order valence-corrected chi connectivity index (χ4v) is 2.01. The van der Waals surface area contributed by atoms with E-state index in [1.807, 2.05) is 11.5 Å². The second-order valence-electron chi connectivity index (χ2n) is 3.07. The number of hydrogen-bond donors (Lipinski definition) is 1. The summed E-state index contributed by atoms with van der Waals surface area (Å²) < 4.78 is 5.97. The van der Waals surface area contributed by atoms with Crippen LogP contribution in [0.4, 0.5) is 5.82 Å². The van der Waals surface area contributed by atoms with Crippen LogP contribution in [0.25, 0.3) is 0 Å². The van der Waals surface area contributed by atoms with Gasteiger partial charge in [0, 0.05) is 5.38 Å². The highest BCUT2D eigenvalue weighted by Crippen LogP contribution is 2.19. The summed E-state index contributed by atoms with van der Waals surface area (Å²) in [6.45, 7) is 0.782. The van der Waals surface area contributed by atoms with E-state index in [4.69, 9.17) is 16.3 Å². The number of thiazole rings is 1. The third-order valence-corrected chi connectivity index (χ3v) is 2.99. The van der Waals surface area contributed by atoms with Crippen molar-refractivity contribution in [2.45, 2.75) is 18.9 Å². The number of nitrogens with one attached hydrogen (secondary N) is 1. The highest BCUT2D eigenvalue weighted by atomic mass is 35.5. The lowest BCUT2D eigenvalue weighted by molar-refractivity contribution is 0.135. The summed E-state index contributed by atoms with van der Waals surface area (Å²) >= 11 is 7.13. The first-order chi connectivity index (χ1) is 6.84. The molecule has 0 fully saturated rings. The molecule has 0 bridgehead atoms. The van der Waals surface area contributed by atoms with Crippen molar-refractivity contribution in [3.63, 3.8) is 0 Å². The average molecular weight is 231 g/mol. The summed E-state index contributed by atoms with van der Waals surface area (Å²) in [7, 11) is 0. The molecular formula is C9H11ClN2OS. The van der Waals surface area contributed by atoms with Crippen molar-refractivity contribution < 1.29 is 4.74 Å². The van der Waals surface area contributed by atoms with E-state index >= 15 is 0 Å². The van der Waals surface area contributed by atoms with E-state index < -0.39 is 0 Å². The number of halogens is 1. The minimum absolute atomic E-state index is 0.250. The highest BCUT2D eigenvalue weighted by Gasteiger charge is 2.10. The van der Waals surface area contributed by atoms with Gasteiger partial charge in [-0.1, -0.05) is 11.6 Å². The minimum Gasteiger partial charge on any atom is -0.497 e. The number of anilines is 1. The number of aromatic nitrogens is 1. The Morgan fingerprint density at radius 1 is 1.71 bits per heavy atom. The molecule has 1 aromatic heterocycles. The second-order valence-corrected chi connectivity index (χ2v) is 4.51. The van der Waals surface area contributed by atoms with Gasteiger partial charge in [0.15, 0.2) is 4.47 Å². The van der Waals surface area contributed by atoms with Crippen molar-refractivity contribution in [1.29, 1.82) is 0 Å². The van der Waals surface area contributed by atoms with E-state index in [1.165, 1.54) is 11.3 Å². The van der Waals surface area contributed by atoms with Crippen LogP contribution in [-0.2, 0) is 4.74 Å². The zero-order valence-electron chi connectivity index (χ0n) is 7.57. The zero-order chi connectivity index (χ0) is 9.80. The van der Waals surface area contributed by atoms with Gasteiger partial charge in [-0.2, -0.15) is 0 Å². The third-order valence-electron chi connectivity index (χ3n) is 2.01.